The Balaban J connectivity index is 2.20. The number of rotatable bonds is 4. The number of hydrogen-bond donors (Lipinski definition) is 1. The lowest BCUT2D eigenvalue weighted by molar-refractivity contribution is 0.0638. The molecule has 1 saturated carbocycles. The molecule has 0 unspecified atom stereocenters. The molecule has 18 heavy (non-hydrogen) atoms. The first kappa shape index (κ1) is 13.3. The van der Waals surface area contributed by atoms with E-state index in [9.17, 15) is 4.79 Å². The van der Waals surface area contributed by atoms with Gasteiger partial charge in [-0.15, -0.1) is 0 Å². The Hall–Kier alpha value is -1.13. The van der Waals surface area contributed by atoms with Crippen LogP contribution >= 0.6 is 11.6 Å². The van der Waals surface area contributed by atoms with Crippen LogP contribution in [0.5, 0.6) is 0 Å². The SMILES string of the molecule is O=C(c1cnccc1Cl)N(CCO)C1CCCC1. The van der Waals surface area contributed by atoms with Crippen molar-refractivity contribution >= 4 is 17.5 Å². The molecule has 1 fully saturated rings. The Kier molecular flexibility index (Phi) is 4.55. The first-order chi connectivity index (χ1) is 8.74. The lowest BCUT2D eigenvalue weighted by Gasteiger charge is -2.28. The van der Waals surface area contributed by atoms with Crippen molar-refractivity contribution in [3.63, 3.8) is 0 Å². The van der Waals surface area contributed by atoms with Crippen LogP contribution in [0.15, 0.2) is 18.5 Å². The minimum Gasteiger partial charge on any atom is -0.395 e. The van der Waals surface area contributed by atoms with Gasteiger partial charge in [0.15, 0.2) is 0 Å². The van der Waals surface area contributed by atoms with E-state index in [0.717, 1.165) is 25.7 Å². The van der Waals surface area contributed by atoms with Crippen molar-refractivity contribution < 1.29 is 9.90 Å². The van der Waals surface area contributed by atoms with Gasteiger partial charge in [-0.25, -0.2) is 0 Å². The fourth-order valence-electron chi connectivity index (χ4n) is 2.46. The summed E-state index contributed by atoms with van der Waals surface area (Å²) >= 11 is 6.02. The molecule has 98 valence electrons. The van der Waals surface area contributed by atoms with Gasteiger partial charge in [0, 0.05) is 25.0 Å². The first-order valence-electron chi connectivity index (χ1n) is 6.25. The summed E-state index contributed by atoms with van der Waals surface area (Å²) in [6, 6.07) is 1.83. The molecule has 1 aliphatic carbocycles. The smallest absolute Gasteiger partial charge is 0.257 e. The Bertz CT molecular complexity index is 419. The molecular weight excluding hydrogens is 252 g/mol. The molecule has 1 aromatic rings. The summed E-state index contributed by atoms with van der Waals surface area (Å²) in [6.45, 7) is 0.328. The second-order valence-corrected chi connectivity index (χ2v) is 4.92. The summed E-state index contributed by atoms with van der Waals surface area (Å²) in [7, 11) is 0. The quantitative estimate of drug-likeness (QED) is 0.910. The maximum Gasteiger partial charge on any atom is 0.257 e. The Labute approximate surface area is 112 Å². The van der Waals surface area contributed by atoms with Gasteiger partial charge in [0.1, 0.15) is 0 Å². The van der Waals surface area contributed by atoms with Crippen molar-refractivity contribution in [1.29, 1.82) is 0 Å². The number of halogens is 1. The van der Waals surface area contributed by atoms with Gasteiger partial charge in [0.2, 0.25) is 0 Å². The molecule has 5 heteroatoms. The van der Waals surface area contributed by atoms with E-state index in [0.29, 0.717) is 17.1 Å². The molecule has 0 saturated heterocycles. The van der Waals surface area contributed by atoms with Crippen molar-refractivity contribution in [3.8, 4) is 0 Å². The van der Waals surface area contributed by atoms with Gasteiger partial charge in [-0.1, -0.05) is 24.4 Å². The van der Waals surface area contributed by atoms with Crippen LogP contribution in [0, 0.1) is 0 Å². The molecule has 4 nitrogen and oxygen atoms in total. The molecule has 0 aromatic carbocycles. The van der Waals surface area contributed by atoms with Crippen molar-refractivity contribution in [2.45, 2.75) is 31.7 Å². The highest BCUT2D eigenvalue weighted by Crippen LogP contribution is 2.26. The molecule has 2 rings (SSSR count). The molecule has 1 aromatic heterocycles. The van der Waals surface area contributed by atoms with Crippen LogP contribution in [0.4, 0.5) is 0 Å². The molecule has 1 N–H and O–H groups in total. The molecular formula is C13H17ClN2O2. The predicted molar refractivity (Wildman–Crippen MR) is 69.6 cm³/mol. The summed E-state index contributed by atoms with van der Waals surface area (Å²) in [4.78, 5) is 18.1. The minimum absolute atomic E-state index is 0.0277. The molecule has 1 amide bonds. The van der Waals surface area contributed by atoms with Crippen LogP contribution < -0.4 is 0 Å². The lowest BCUT2D eigenvalue weighted by atomic mass is 10.1. The van der Waals surface area contributed by atoms with Crippen LogP contribution in [0.25, 0.3) is 0 Å². The standard InChI is InChI=1S/C13H17ClN2O2/c14-12-5-6-15-9-11(12)13(18)16(7-8-17)10-3-1-2-4-10/h5-6,9-10,17H,1-4,7-8H2. The summed E-state index contributed by atoms with van der Waals surface area (Å²) in [5.41, 5.74) is 0.416. The normalized spacial score (nSPS) is 15.9. The number of aliphatic hydroxyl groups is 1. The number of hydrogen-bond acceptors (Lipinski definition) is 3. The van der Waals surface area contributed by atoms with Crippen LogP contribution in [-0.2, 0) is 0 Å². The number of amides is 1. The molecule has 0 spiro atoms. The third-order valence-corrected chi connectivity index (χ3v) is 3.70. The number of pyridine rings is 1. The van der Waals surface area contributed by atoms with Gasteiger partial charge in [0.05, 0.1) is 17.2 Å². The summed E-state index contributed by atoms with van der Waals surface area (Å²) in [5, 5.41) is 9.53. The molecule has 0 aliphatic heterocycles. The fraction of sp³-hybridized carbons (Fsp3) is 0.538. The molecule has 0 bridgehead atoms. The second kappa shape index (κ2) is 6.16. The van der Waals surface area contributed by atoms with Crippen LogP contribution in [-0.4, -0.2) is 40.1 Å². The maximum atomic E-state index is 12.4. The zero-order valence-electron chi connectivity index (χ0n) is 10.2. The number of carbonyl (C=O) groups is 1. The minimum atomic E-state index is -0.131. The Morgan fingerprint density at radius 1 is 1.50 bits per heavy atom. The topological polar surface area (TPSA) is 53.4 Å². The van der Waals surface area contributed by atoms with E-state index >= 15 is 0 Å². The van der Waals surface area contributed by atoms with Gasteiger partial charge in [-0.05, 0) is 18.9 Å². The highest BCUT2D eigenvalue weighted by Gasteiger charge is 2.28. The van der Waals surface area contributed by atoms with Gasteiger partial charge in [-0.2, -0.15) is 0 Å². The van der Waals surface area contributed by atoms with Crippen LogP contribution in [0.3, 0.4) is 0 Å². The van der Waals surface area contributed by atoms with E-state index in [1.165, 1.54) is 6.20 Å². The second-order valence-electron chi connectivity index (χ2n) is 4.52. The van der Waals surface area contributed by atoms with Crippen molar-refractivity contribution in [3.05, 3.63) is 29.0 Å². The first-order valence-corrected chi connectivity index (χ1v) is 6.63. The van der Waals surface area contributed by atoms with Crippen molar-refractivity contribution in [2.75, 3.05) is 13.2 Å². The van der Waals surface area contributed by atoms with Gasteiger partial charge >= 0.3 is 0 Å². The van der Waals surface area contributed by atoms with Crippen molar-refractivity contribution in [2.24, 2.45) is 0 Å². The fourth-order valence-corrected chi connectivity index (χ4v) is 2.65. The third kappa shape index (κ3) is 2.82. The van der Waals surface area contributed by atoms with Crippen molar-refractivity contribution in [1.82, 2.24) is 9.88 Å². The summed E-state index contributed by atoms with van der Waals surface area (Å²) in [5.74, 6) is -0.131. The number of aromatic nitrogens is 1. The molecule has 0 radical (unpaired) electrons. The lowest BCUT2D eigenvalue weighted by Crippen LogP contribution is -2.40. The average molecular weight is 269 g/mol. The van der Waals surface area contributed by atoms with Gasteiger partial charge in [0.25, 0.3) is 5.91 Å². The summed E-state index contributed by atoms with van der Waals surface area (Å²) < 4.78 is 0. The Morgan fingerprint density at radius 2 is 2.22 bits per heavy atom. The monoisotopic (exact) mass is 268 g/mol. The van der Waals surface area contributed by atoms with Crippen LogP contribution in [0.1, 0.15) is 36.0 Å². The molecule has 0 atom stereocenters. The average Bonchev–Trinajstić information content (AvgIpc) is 2.89. The largest absolute Gasteiger partial charge is 0.395 e. The Morgan fingerprint density at radius 3 is 2.83 bits per heavy atom. The van der Waals surface area contributed by atoms with Gasteiger partial charge < -0.3 is 10.0 Å². The summed E-state index contributed by atoms with van der Waals surface area (Å²) in [6.07, 6.45) is 7.34. The number of carbonyl (C=O) groups excluding carboxylic acids is 1. The third-order valence-electron chi connectivity index (χ3n) is 3.37. The van der Waals surface area contributed by atoms with E-state index in [4.69, 9.17) is 16.7 Å². The van der Waals surface area contributed by atoms with E-state index in [2.05, 4.69) is 4.98 Å². The zero-order valence-corrected chi connectivity index (χ0v) is 10.9. The highest BCUT2D eigenvalue weighted by atomic mass is 35.5. The van der Waals surface area contributed by atoms with E-state index in [-0.39, 0.29) is 18.6 Å². The number of aliphatic hydroxyl groups excluding tert-OH is 1. The molecule has 1 heterocycles. The highest BCUT2D eigenvalue weighted by molar-refractivity contribution is 6.33. The van der Waals surface area contributed by atoms with E-state index < -0.39 is 0 Å². The number of nitrogens with zero attached hydrogens (tertiary/aromatic N) is 2. The predicted octanol–water partition coefficient (Wildman–Crippen LogP) is 2.11. The van der Waals surface area contributed by atoms with E-state index in [1.807, 2.05) is 0 Å². The molecule has 1 aliphatic rings. The zero-order chi connectivity index (χ0) is 13.0. The van der Waals surface area contributed by atoms with E-state index in [1.54, 1.807) is 17.2 Å². The van der Waals surface area contributed by atoms with Crippen LogP contribution in [0.2, 0.25) is 5.02 Å². The maximum absolute atomic E-state index is 12.4. The van der Waals surface area contributed by atoms with Gasteiger partial charge in [-0.3, -0.25) is 9.78 Å².